The highest BCUT2D eigenvalue weighted by Crippen LogP contribution is 2.38. The molecule has 0 spiro atoms. The predicted molar refractivity (Wildman–Crippen MR) is 160 cm³/mol. The van der Waals surface area contributed by atoms with Crippen molar-refractivity contribution in [1.29, 1.82) is 0 Å². The number of aldehydes is 1. The molecule has 1 heterocycles. The lowest BCUT2D eigenvalue weighted by Crippen LogP contribution is -2.36. The second-order valence-corrected chi connectivity index (χ2v) is 11.3. The zero-order chi connectivity index (χ0) is 27.3. The van der Waals surface area contributed by atoms with Crippen LogP contribution in [0.15, 0.2) is 71.1 Å². The topological polar surface area (TPSA) is 37.4 Å². The maximum absolute atomic E-state index is 10.7. The summed E-state index contributed by atoms with van der Waals surface area (Å²) in [6.07, 6.45) is 10.2. The fraction of sp³-hybridized carbons (Fsp3) is 0.515. The minimum absolute atomic E-state index is 0.315. The van der Waals surface area contributed by atoms with Gasteiger partial charge in [0.25, 0.3) is 0 Å². The Labute approximate surface area is 231 Å². The molecule has 2 aromatic carbocycles. The van der Waals surface area contributed by atoms with Crippen molar-refractivity contribution in [3.63, 3.8) is 0 Å². The van der Waals surface area contributed by atoms with Gasteiger partial charge in [-0.3, -0.25) is 14.5 Å². The number of benzene rings is 2. The molecule has 0 N–H and O–H groups in total. The monoisotopic (exact) mass is 521 g/mol. The summed E-state index contributed by atoms with van der Waals surface area (Å²) in [6, 6.07) is 22.2. The number of carbonyl (C=O) groups is 2. The van der Waals surface area contributed by atoms with Crippen LogP contribution in [0.5, 0.6) is 0 Å². The first-order valence-corrected chi connectivity index (χ1v) is 14.4. The van der Waals surface area contributed by atoms with Crippen LogP contribution in [-0.4, -0.2) is 36.6 Å². The van der Waals surface area contributed by atoms with Crippen molar-refractivity contribution in [1.82, 2.24) is 4.90 Å². The lowest BCUT2D eigenvalue weighted by atomic mass is 9.86. The van der Waals surface area contributed by atoms with E-state index in [1.165, 1.54) is 67.5 Å². The van der Waals surface area contributed by atoms with Gasteiger partial charge in [0.05, 0.1) is 0 Å². The predicted octanol–water partition coefficient (Wildman–Crippen LogP) is 8.26. The number of Topliss-reactive ketones (excluding diaryl/α,β-unsaturated/α-hetero) is 1. The molecule has 1 atom stereocenters. The number of piperidine rings is 1. The van der Waals surface area contributed by atoms with Crippen molar-refractivity contribution in [2.75, 3.05) is 13.6 Å². The zero-order valence-corrected chi connectivity index (χ0v) is 24.5. The molecule has 0 bridgehead atoms. The quantitative estimate of drug-likeness (QED) is 0.216. The Morgan fingerprint density at radius 1 is 1.00 bits per heavy atom. The summed E-state index contributed by atoms with van der Waals surface area (Å²) in [4.78, 5) is 24.5. The Morgan fingerprint density at radius 3 is 1.92 bits per heavy atom. The number of hydrogen-bond acceptors (Lipinski definition) is 4. The van der Waals surface area contributed by atoms with Crippen molar-refractivity contribution in [2.45, 2.75) is 91.0 Å². The third kappa shape index (κ3) is 10.2. The third-order valence-electron chi connectivity index (χ3n) is 7.59. The summed E-state index contributed by atoms with van der Waals surface area (Å²) >= 11 is 4.63. The van der Waals surface area contributed by atoms with Gasteiger partial charge < -0.3 is 0 Å². The van der Waals surface area contributed by atoms with Crippen LogP contribution in [0.4, 0.5) is 0 Å². The molecule has 1 aliphatic carbocycles. The SMILES string of the molecule is CCC(C)(C)C(=O)C=O.CCCC(c1ccccc1)c1ccccc1.CN1CCCCC1C(S)=C1CC1. The Bertz CT molecular complexity index is 938. The van der Waals surface area contributed by atoms with Crippen molar-refractivity contribution in [2.24, 2.45) is 5.41 Å². The summed E-state index contributed by atoms with van der Waals surface area (Å²) in [7, 11) is 2.23. The minimum atomic E-state index is -0.457. The lowest BCUT2D eigenvalue weighted by molar-refractivity contribution is -0.135. The van der Waals surface area contributed by atoms with E-state index >= 15 is 0 Å². The highest BCUT2D eigenvalue weighted by Gasteiger charge is 2.26. The second kappa shape index (κ2) is 15.9. The third-order valence-corrected chi connectivity index (χ3v) is 8.20. The highest BCUT2D eigenvalue weighted by molar-refractivity contribution is 7.84. The maximum atomic E-state index is 10.7. The number of rotatable bonds is 8. The van der Waals surface area contributed by atoms with Gasteiger partial charge in [0, 0.05) is 17.4 Å². The van der Waals surface area contributed by atoms with Gasteiger partial charge in [0.1, 0.15) is 0 Å². The van der Waals surface area contributed by atoms with Crippen molar-refractivity contribution in [3.8, 4) is 0 Å². The van der Waals surface area contributed by atoms with Gasteiger partial charge in [0.15, 0.2) is 6.29 Å². The van der Waals surface area contributed by atoms with Gasteiger partial charge in [-0.15, -0.1) is 12.6 Å². The number of nitrogens with zero attached hydrogens (tertiary/aromatic N) is 1. The molecule has 0 amide bonds. The molecule has 37 heavy (non-hydrogen) atoms. The minimum Gasteiger partial charge on any atom is -0.299 e. The van der Waals surface area contributed by atoms with Crippen LogP contribution < -0.4 is 0 Å². The molecule has 4 heteroatoms. The van der Waals surface area contributed by atoms with Gasteiger partial charge >= 0.3 is 0 Å². The van der Waals surface area contributed by atoms with Crippen LogP contribution in [0.1, 0.15) is 96.1 Å². The average Bonchev–Trinajstić information content (AvgIpc) is 3.79. The molecule has 202 valence electrons. The largest absolute Gasteiger partial charge is 0.299 e. The van der Waals surface area contributed by atoms with Crippen LogP contribution in [0.25, 0.3) is 0 Å². The molecule has 1 saturated carbocycles. The number of allylic oxidation sites excluding steroid dienone is 1. The van der Waals surface area contributed by atoms with Crippen LogP contribution in [0, 0.1) is 5.41 Å². The molecule has 4 rings (SSSR count). The molecule has 3 nitrogen and oxygen atoms in total. The summed E-state index contributed by atoms with van der Waals surface area (Å²) in [5.74, 6) is 0.234. The molecule has 2 fully saturated rings. The van der Waals surface area contributed by atoms with Gasteiger partial charge in [-0.1, -0.05) is 107 Å². The first kappa shape index (κ1) is 31.1. The number of carbonyl (C=O) groups excluding carboxylic acids is 2. The van der Waals surface area contributed by atoms with Gasteiger partial charge in [-0.2, -0.15) is 0 Å². The number of likely N-dealkylation sites (tertiary alicyclic amines) is 1. The smallest absolute Gasteiger partial charge is 0.200 e. The van der Waals surface area contributed by atoms with E-state index in [9.17, 15) is 9.59 Å². The first-order chi connectivity index (χ1) is 17.7. The van der Waals surface area contributed by atoms with Crippen LogP contribution in [0.3, 0.4) is 0 Å². The first-order valence-electron chi connectivity index (χ1n) is 14.0. The van der Waals surface area contributed by atoms with E-state index in [0.29, 0.717) is 24.7 Å². The standard InChI is InChI=1S/C16H18.C10H17NS.C7H12O2/c1-2-9-16(14-10-5-3-6-11-14)15-12-7-4-8-13-15;1-11-7-3-2-4-9(11)10(12)8-5-6-8;1-4-7(2,3)6(9)5-8/h3-8,10-13,16H,2,9H2,1H3;9,12H,2-7H2,1H3;5H,4H2,1-3H3. The molecule has 1 saturated heterocycles. The molecule has 0 radical (unpaired) electrons. The molecule has 1 aliphatic heterocycles. The lowest BCUT2D eigenvalue weighted by Gasteiger charge is -2.32. The summed E-state index contributed by atoms with van der Waals surface area (Å²) in [5, 5.41) is 0. The number of thiol groups is 1. The summed E-state index contributed by atoms with van der Waals surface area (Å²) in [6.45, 7) is 8.93. The maximum Gasteiger partial charge on any atom is 0.200 e. The van der Waals surface area contributed by atoms with Crippen molar-refractivity contribution < 1.29 is 9.59 Å². The fourth-order valence-corrected chi connectivity index (χ4v) is 5.04. The Kier molecular flexibility index (Phi) is 13.4. The molecule has 1 unspecified atom stereocenters. The number of hydrogen-bond donors (Lipinski definition) is 1. The summed E-state index contributed by atoms with van der Waals surface area (Å²) in [5.41, 5.74) is 4.00. The van der Waals surface area contributed by atoms with Gasteiger partial charge in [-0.05, 0) is 68.1 Å². The van der Waals surface area contributed by atoms with Gasteiger partial charge in [0.2, 0.25) is 5.78 Å². The van der Waals surface area contributed by atoms with E-state index < -0.39 is 5.41 Å². The van der Waals surface area contributed by atoms with Crippen molar-refractivity contribution >= 4 is 24.7 Å². The Hall–Kier alpha value is -2.17. The van der Waals surface area contributed by atoms with E-state index in [0.717, 1.165) is 0 Å². The molecular formula is C33H47NO2S. The molecule has 2 aliphatic rings. The molecular weight excluding hydrogens is 474 g/mol. The van der Waals surface area contributed by atoms with E-state index in [1.54, 1.807) is 19.4 Å². The zero-order valence-electron chi connectivity index (χ0n) is 23.6. The highest BCUT2D eigenvalue weighted by atomic mass is 32.1. The second-order valence-electron chi connectivity index (χ2n) is 10.9. The van der Waals surface area contributed by atoms with E-state index in [4.69, 9.17) is 0 Å². The van der Waals surface area contributed by atoms with Crippen molar-refractivity contribution in [3.05, 3.63) is 82.3 Å². The van der Waals surface area contributed by atoms with Crippen LogP contribution in [-0.2, 0) is 9.59 Å². The average molecular weight is 522 g/mol. The van der Waals surface area contributed by atoms with E-state index in [-0.39, 0.29) is 5.78 Å². The normalized spacial score (nSPS) is 17.2. The molecule has 2 aromatic rings. The van der Waals surface area contributed by atoms with Crippen LogP contribution in [0.2, 0.25) is 0 Å². The van der Waals surface area contributed by atoms with E-state index in [2.05, 4.69) is 92.2 Å². The van der Waals surface area contributed by atoms with Crippen LogP contribution >= 0.6 is 12.6 Å². The number of ketones is 1. The van der Waals surface area contributed by atoms with E-state index in [1.807, 2.05) is 6.92 Å². The fourth-order valence-electron chi connectivity index (χ4n) is 4.49. The number of likely N-dealkylation sites (N-methyl/N-ethyl adjacent to an activating group) is 1. The Balaban J connectivity index is 0.000000205. The van der Waals surface area contributed by atoms with Gasteiger partial charge in [-0.25, -0.2) is 0 Å². The summed E-state index contributed by atoms with van der Waals surface area (Å²) < 4.78 is 0. The molecule has 0 aromatic heterocycles. The Morgan fingerprint density at radius 2 is 1.54 bits per heavy atom.